The first kappa shape index (κ1) is 16.5. The van der Waals surface area contributed by atoms with Gasteiger partial charge in [-0.05, 0) is 30.5 Å². The minimum absolute atomic E-state index is 0.00469. The zero-order chi connectivity index (χ0) is 16.1. The van der Waals surface area contributed by atoms with Crippen LogP contribution in [0.4, 0.5) is 11.4 Å². The van der Waals surface area contributed by atoms with Crippen molar-refractivity contribution in [1.82, 2.24) is 0 Å². The van der Waals surface area contributed by atoms with Crippen LogP contribution in [0.25, 0.3) is 0 Å². The van der Waals surface area contributed by atoms with Crippen molar-refractivity contribution in [3.8, 4) is 0 Å². The van der Waals surface area contributed by atoms with Gasteiger partial charge >= 0.3 is 0 Å². The Bertz CT molecular complexity index is 683. The summed E-state index contributed by atoms with van der Waals surface area (Å²) >= 11 is 6.65. The molecule has 0 fully saturated rings. The average molecular weight is 339 g/mol. The molecule has 0 bridgehead atoms. The van der Waals surface area contributed by atoms with Crippen LogP contribution < -0.4 is 5.32 Å². The number of amides is 1. The van der Waals surface area contributed by atoms with Crippen LogP contribution in [0.2, 0.25) is 4.34 Å². The molecule has 116 valence electrons. The van der Waals surface area contributed by atoms with Crippen molar-refractivity contribution in [3.63, 3.8) is 0 Å². The van der Waals surface area contributed by atoms with Gasteiger partial charge < -0.3 is 5.32 Å². The highest BCUT2D eigenvalue weighted by atomic mass is 35.5. The van der Waals surface area contributed by atoms with Gasteiger partial charge in [-0.1, -0.05) is 37.1 Å². The highest BCUT2D eigenvalue weighted by Crippen LogP contribution is 2.34. The van der Waals surface area contributed by atoms with Gasteiger partial charge in [0.2, 0.25) is 0 Å². The first-order valence-corrected chi connectivity index (χ1v) is 8.04. The van der Waals surface area contributed by atoms with E-state index in [1.807, 2.05) is 24.3 Å². The van der Waals surface area contributed by atoms with Crippen LogP contribution in [0.5, 0.6) is 0 Å². The molecule has 0 aliphatic heterocycles. The maximum atomic E-state index is 12.1. The fourth-order valence-electron chi connectivity index (χ4n) is 1.92. The van der Waals surface area contributed by atoms with E-state index < -0.39 is 10.8 Å². The van der Waals surface area contributed by atoms with Crippen molar-refractivity contribution in [1.29, 1.82) is 0 Å². The van der Waals surface area contributed by atoms with E-state index in [4.69, 9.17) is 11.6 Å². The molecule has 0 radical (unpaired) electrons. The Labute approximate surface area is 137 Å². The van der Waals surface area contributed by atoms with Gasteiger partial charge in [-0.25, -0.2) is 0 Å². The van der Waals surface area contributed by atoms with Gasteiger partial charge in [-0.3, -0.25) is 14.9 Å². The lowest BCUT2D eigenvalue weighted by molar-refractivity contribution is -0.384. The smallest absolute Gasteiger partial charge is 0.299 e. The van der Waals surface area contributed by atoms with Gasteiger partial charge in [-0.15, -0.1) is 11.3 Å². The van der Waals surface area contributed by atoms with Crippen molar-refractivity contribution in [3.05, 3.63) is 55.2 Å². The molecule has 0 spiro atoms. The minimum atomic E-state index is -0.599. The number of nitrogens with one attached hydrogen (secondary N) is 1. The number of thiophene rings is 1. The van der Waals surface area contributed by atoms with E-state index in [9.17, 15) is 14.9 Å². The van der Waals surface area contributed by atoms with E-state index in [0.29, 0.717) is 5.69 Å². The van der Waals surface area contributed by atoms with Crippen molar-refractivity contribution in [2.24, 2.45) is 0 Å². The summed E-state index contributed by atoms with van der Waals surface area (Å²) in [6.45, 7) is 2.14. The lowest BCUT2D eigenvalue weighted by atomic mass is 10.1. The predicted molar refractivity (Wildman–Crippen MR) is 89.0 cm³/mol. The Balaban J connectivity index is 2.05. The molecule has 0 saturated carbocycles. The molecule has 1 heterocycles. The number of carbonyl (C=O) groups is 1. The summed E-state index contributed by atoms with van der Waals surface area (Å²) in [5.41, 5.74) is 1.62. The molecule has 7 heteroatoms. The molecule has 0 aliphatic rings. The second-order valence-electron chi connectivity index (χ2n) is 4.78. The summed E-state index contributed by atoms with van der Waals surface area (Å²) in [5.74, 6) is -0.402. The quantitative estimate of drug-likeness (QED) is 0.601. The minimum Gasteiger partial charge on any atom is -0.321 e. The van der Waals surface area contributed by atoms with E-state index in [2.05, 4.69) is 12.2 Å². The van der Waals surface area contributed by atoms with Crippen LogP contribution in [-0.4, -0.2) is 10.8 Å². The summed E-state index contributed by atoms with van der Waals surface area (Å²) in [5, 5.41) is 13.4. The van der Waals surface area contributed by atoms with E-state index in [-0.39, 0.29) is 14.9 Å². The number of carbonyl (C=O) groups excluding carboxylic acids is 1. The number of benzene rings is 1. The number of aryl methyl sites for hydroxylation is 1. The number of rotatable bonds is 6. The third-order valence-corrected chi connectivity index (χ3v) is 4.46. The normalized spacial score (nSPS) is 10.5. The van der Waals surface area contributed by atoms with Crippen LogP contribution in [0.3, 0.4) is 0 Å². The van der Waals surface area contributed by atoms with Gasteiger partial charge in [-0.2, -0.15) is 0 Å². The summed E-state index contributed by atoms with van der Waals surface area (Å²) in [7, 11) is 0. The highest BCUT2D eigenvalue weighted by Gasteiger charge is 2.21. The number of nitrogens with zero attached hydrogens (tertiary/aromatic N) is 1. The fraction of sp³-hybridized carbons (Fsp3) is 0.267. The van der Waals surface area contributed by atoms with Gasteiger partial charge in [0.05, 0.1) is 4.92 Å². The zero-order valence-corrected chi connectivity index (χ0v) is 13.5. The maximum Gasteiger partial charge on any atom is 0.299 e. The number of nitro groups is 1. The Hall–Kier alpha value is -1.92. The molecule has 2 rings (SSSR count). The van der Waals surface area contributed by atoms with Gasteiger partial charge in [0.15, 0.2) is 4.34 Å². The molecule has 0 aliphatic carbocycles. The van der Waals surface area contributed by atoms with Crippen LogP contribution in [-0.2, 0) is 6.42 Å². The first-order chi connectivity index (χ1) is 10.5. The highest BCUT2D eigenvalue weighted by molar-refractivity contribution is 7.18. The molecule has 22 heavy (non-hydrogen) atoms. The lowest BCUT2D eigenvalue weighted by Crippen LogP contribution is -2.10. The first-order valence-electron chi connectivity index (χ1n) is 6.85. The zero-order valence-electron chi connectivity index (χ0n) is 12.0. The Kier molecular flexibility index (Phi) is 5.51. The molecule has 0 unspecified atom stereocenters. The van der Waals surface area contributed by atoms with E-state index in [0.717, 1.165) is 30.6 Å². The van der Waals surface area contributed by atoms with Crippen molar-refractivity contribution in [2.45, 2.75) is 26.2 Å². The number of halogens is 1. The summed E-state index contributed by atoms with van der Waals surface area (Å²) < 4.78 is 0.00469. The summed E-state index contributed by atoms with van der Waals surface area (Å²) in [6, 6.07) is 8.78. The Morgan fingerprint density at radius 1 is 1.36 bits per heavy atom. The van der Waals surface area contributed by atoms with E-state index >= 15 is 0 Å². The molecule has 2 aromatic rings. The average Bonchev–Trinajstić information content (AvgIpc) is 2.89. The molecule has 0 saturated heterocycles. The second kappa shape index (κ2) is 7.38. The Morgan fingerprint density at radius 2 is 2.05 bits per heavy atom. The SMILES string of the molecule is CCCCc1ccc(NC(=O)c2cc([N+](=O)[O-])c(Cl)s2)cc1. The molecule has 1 aromatic carbocycles. The van der Waals surface area contributed by atoms with Gasteiger partial charge in [0.25, 0.3) is 11.6 Å². The monoisotopic (exact) mass is 338 g/mol. The van der Waals surface area contributed by atoms with Crippen LogP contribution in [0.15, 0.2) is 30.3 Å². The maximum absolute atomic E-state index is 12.1. The van der Waals surface area contributed by atoms with E-state index in [1.165, 1.54) is 11.6 Å². The molecule has 1 N–H and O–H groups in total. The van der Waals surface area contributed by atoms with Crippen molar-refractivity contribution in [2.75, 3.05) is 5.32 Å². The molecule has 1 amide bonds. The third kappa shape index (κ3) is 4.05. The lowest BCUT2D eigenvalue weighted by Gasteiger charge is -2.05. The number of unbranched alkanes of at least 4 members (excludes halogenated alkanes) is 1. The fourth-order valence-corrected chi connectivity index (χ4v) is 3.04. The van der Waals surface area contributed by atoms with Crippen molar-refractivity contribution >= 4 is 40.2 Å². The van der Waals surface area contributed by atoms with Crippen LogP contribution in [0, 0.1) is 10.1 Å². The Morgan fingerprint density at radius 3 is 2.59 bits per heavy atom. The third-order valence-electron chi connectivity index (χ3n) is 3.12. The second-order valence-corrected chi connectivity index (χ2v) is 6.44. The van der Waals surface area contributed by atoms with Gasteiger partial charge in [0.1, 0.15) is 4.88 Å². The number of hydrogen-bond acceptors (Lipinski definition) is 4. The van der Waals surface area contributed by atoms with Crippen LogP contribution >= 0.6 is 22.9 Å². The molecule has 5 nitrogen and oxygen atoms in total. The predicted octanol–water partition coefficient (Wildman–Crippen LogP) is 4.90. The standard InChI is InChI=1S/C15H15ClN2O3S/c1-2-3-4-10-5-7-11(8-6-10)17-15(19)13-9-12(18(20)21)14(16)22-13/h5-9H,2-4H2,1H3,(H,17,19). The van der Waals surface area contributed by atoms with E-state index in [1.54, 1.807) is 0 Å². The van der Waals surface area contributed by atoms with Gasteiger partial charge in [0, 0.05) is 11.8 Å². The van der Waals surface area contributed by atoms with Crippen molar-refractivity contribution < 1.29 is 9.72 Å². The topological polar surface area (TPSA) is 72.2 Å². The largest absolute Gasteiger partial charge is 0.321 e. The number of hydrogen-bond donors (Lipinski definition) is 1. The molecular weight excluding hydrogens is 324 g/mol. The van der Waals surface area contributed by atoms with Crippen LogP contribution in [0.1, 0.15) is 35.0 Å². The molecule has 0 atom stereocenters. The molecular formula is C15H15ClN2O3S. The number of anilines is 1. The molecule has 1 aromatic heterocycles. The summed E-state index contributed by atoms with van der Waals surface area (Å²) in [6.07, 6.45) is 3.27. The summed E-state index contributed by atoms with van der Waals surface area (Å²) in [4.78, 5) is 22.4.